The highest BCUT2D eigenvalue weighted by atomic mass is 16.5. The molecule has 6 nitrogen and oxygen atoms in total. The summed E-state index contributed by atoms with van der Waals surface area (Å²) in [6.07, 6.45) is 1.93. The molecule has 1 aliphatic heterocycles. The third-order valence-corrected chi connectivity index (χ3v) is 4.21. The topological polar surface area (TPSA) is 54.7 Å². The quantitative estimate of drug-likeness (QED) is 0.799. The highest BCUT2D eigenvalue weighted by Crippen LogP contribution is 2.20. The van der Waals surface area contributed by atoms with Gasteiger partial charge in [-0.1, -0.05) is 29.8 Å². The number of hydrogen-bond acceptors (Lipinski definition) is 5. The molecule has 6 heteroatoms. The molecule has 3 heterocycles. The number of anilines is 2. The number of nitrogens with one attached hydrogen (secondary N) is 1. The van der Waals surface area contributed by atoms with Crippen molar-refractivity contribution < 1.29 is 4.74 Å². The lowest BCUT2D eigenvalue weighted by atomic mass is 10.1. The van der Waals surface area contributed by atoms with E-state index in [-0.39, 0.29) is 0 Å². The molecule has 24 heavy (non-hydrogen) atoms. The lowest BCUT2D eigenvalue weighted by Crippen LogP contribution is -2.36. The number of fused-ring (bicyclic) bond motifs is 1. The Labute approximate surface area is 141 Å². The van der Waals surface area contributed by atoms with E-state index in [9.17, 15) is 0 Å². The van der Waals surface area contributed by atoms with Gasteiger partial charge in [0.05, 0.1) is 18.9 Å². The van der Waals surface area contributed by atoms with E-state index in [2.05, 4.69) is 46.5 Å². The average Bonchev–Trinajstić information content (AvgIpc) is 3.06. The Hall–Kier alpha value is -2.60. The third-order valence-electron chi connectivity index (χ3n) is 4.21. The Morgan fingerprint density at radius 1 is 1.17 bits per heavy atom. The van der Waals surface area contributed by atoms with Crippen molar-refractivity contribution in [1.82, 2.24) is 14.6 Å². The van der Waals surface area contributed by atoms with Crippen LogP contribution >= 0.6 is 0 Å². The van der Waals surface area contributed by atoms with Crippen molar-refractivity contribution in [3.8, 4) is 0 Å². The average molecular weight is 323 g/mol. The first-order chi connectivity index (χ1) is 11.8. The van der Waals surface area contributed by atoms with Crippen LogP contribution in [-0.4, -0.2) is 40.9 Å². The van der Waals surface area contributed by atoms with Gasteiger partial charge < -0.3 is 15.0 Å². The molecule has 1 N–H and O–H groups in total. The lowest BCUT2D eigenvalue weighted by molar-refractivity contribution is 0.122. The van der Waals surface area contributed by atoms with Crippen LogP contribution in [0.1, 0.15) is 11.1 Å². The molecule has 0 spiro atoms. The van der Waals surface area contributed by atoms with Crippen LogP contribution in [-0.2, 0) is 11.3 Å². The van der Waals surface area contributed by atoms with Gasteiger partial charge in [0.25, 0.3) is 0 Å². The standard InChI is InChI=1S/C18H21N5O/c1-14-4-2-5-15(12-14)13-19-16-6-3-7-23-17(16)20-18(21-23)22-8-10-24-11-9-22/h2-7,12,19H,8-11,13H2,1H3. The number of ether oxygens (including phenoxy) is 1. The maximum absolute atomic E-state index is 5.40. The molecule has 0 radical (unpaired) electrons. The first-order valence-corrected chi connectivity index (χ1v) is 8.27. The lowest BCUT2D eigenvalue weighted by Gasteiger charge is -2.25. The van der Waals surface area contributed by atoms with Crippen molar-refractivity contribution in [1.29, 1.82) is 0 Å². The van der Waals surface area contributed by atoms with E-state index in [1.807, 2.05) is 22.8 Å². The fraction of sp³-hybridized carbons (Fsp3) is 0.333. The first kappa shape index (κ1) is 15.0. The Morgan fingerprint density at radius 2 is 2.04 bits per heavy atom. The fourth-order valence-corrected chi connectivity index (χ4v) is 2.95. The Morgan fingerprint density at radius 3 is 2.88 bits per heavy atom. The van der Waals surface area contributed by atoms with Gasteiger partial charge in [-0.15, -0.1) is 5.10 Å². The van der Waals surface area contributed by atoms with Crippen LogP contribution in [0.3, 0.4) is 0 Å². The molecule has 3 aromatic rings. The minimum Gasteiger partial charge on any atom is -0.378 e. The van der Waals surface area contributed by atoms with Crippen LogP contribution in [0.4, 0.5) is 11.6 Å². The maximum Gasteiger partial charge on any atom is 0.245 e. The van der Waals surface area contributed by atoms with Crippen molar-refractivity contribution in [2.24, 2.45) is 0 Å². The summed E-state index contributed by atoms with van der Waals surface area (Å²) < 4.78 is 7.24. The van der Waals surface area contributed by atoms with Crippen molar-refractivity contribution in [3.63, 3.8) is 0 Å². The van der Waals surface area contributed by atoms with Gasteiger partial charge in [-0.2, -0.15) is 4.98 Å². The Bertz CT molecular complexity index is 838. The van der Waals surface area contributed by atoms with Gasteiger partial charge in [-0.05, 0) is 24.6 Å². The molecule has 1 aliphatic rings. The van der Waals surface area contributed by atoms with Crippen LogP contribution < -0.4 is 10.2 Å². The van der Waals surface area contributed by atoms with E-state index in [1.54, 1.807) is 0 Å². The molecule has 0 aliphatic carbocycles. The van der Waals surface area contributed by atoms with E-state index in [1.165, 1.54) is 11.1 Å². The molecule has 1 fully saturated rings. The molecule has 2 aromatic heterocycles. The molecule has 0 unspecified atom stereocenters. The number of rotatable bonds is 4. The van der Waals surface area contributed by atoms with Crippen LogP contribution in [0.5, 0.6) is 0 Å². The predicted octanol–water partition coefficient (Wildman–Crippen LogP) is 2.49. The minimum atomic E-state index is 0.730. The highest BCUT2D eigenvalue weighted by molar-refractivity contribution is 5.68. The van der Waals surface area contributed by atoms with E-state index >= 15 is 0 Å². The second-order valence-electron chi connectivity index (χ2n) is 6.04. The summed E-state index contributed by atoms with van der Waals surface area (Å²) in [7, 11) is 0. The summed E-state index contributed by atoms with van der Waals surface area (Å²) in [5.74, 6) is 0.767. The van der Waals surface area contributed by atoms with Crippen LogP contribution in [0.15, 0.2) is 42.6 Å². The number of morpholine rings is 1. The molecule has 0 amide bonds. The van der Waals surface area contributed by atoms with Crippen molar-refractivity contribution in [3.05, 3.63) is 53.7 Å². The molecule has 1 aromatic carbocycles. The number of aryl methyl sites for hydroxylation is 1. The fourth-order valence-electron chi connectivity index (χ4n) is 2.95. The first-order valence-electron chi connectivity index (χ1n) is 8.27. The van der Waals surface area contributed by atoms with E-state index in [4.69, 9.17) is 9.72 Å². The SMILES string of the molecule is Cc1cccc(CNc2cccn3nc(N4CCOCC4)nc23)c1. The Balaban J connectivity index is 1.57. The molecular weight excluding hydrogens is 302 g/mol. The smallest absolute Gasteiger partial charge is 0.245 e. The number of pyridine rings is 1. The molecule has 0 atom stereocenters. The summed E-state index contributed by atoms with van der Waals surface area (Å²) >= 11 is 0. The van der Waals surface area contributed by atoms with Gasteiger partial charge in [-0.25, -0.2) is 4.52 Å². The Kier molecular flexibility index (Phi) is 4.04. The molecule has 124 valence electrons. The number of hydrogen-bond donors (Lipinski definition) is 1. The number of nitrogens with zero attached hydrogens (tertiary/aromatic N) is 4. The number of aromatic nitrogens is 3. The summed E-state index contributed by atoms with van der Waals surface area (Å²) in [5.41, 5.74) is 4.37. The van der Waals surface area contributed by atoms with Crippen molar-refractivity contribution in [2.45, 2.75) is 13.5 Å². The zero-order valence-corrected chi connectivity index (χ0v) is 13.8. The second-order valence-corrected chi connectivity index (χ2v) is 6.04. The summed E-state index contributed by atoms with van der Waals surface area (Å²) in [4.78, 5) is 6.89. The monoisotopic (exact) mass is 323 g/mol. The van der Waals surface area contributed by atoms with E-state index < -0.39 is 0 Å². The van der Waals surface area contributed by atoms with Crippen molar-refractivity contribution >= 4 is 17.3 Å². The zero-order chi connectivity index (χ0) is 16.4. The maximum atomic E-state index is 5.40. The number of benzene rings is 1. The third kappa shape index (κ3) is 3.05. The molecule has 0 saturated carbocycles. The summed E-state index contributed by atoms with van der Waals surface area (Å²) in [6, 6.07) is 12.5. The summed E-state index contributed by atoms with van der Waals surface area (Å²) in [5, 5.41) is 8.08. The zero-order valence-electron chi connectivity index (χ0n) is 13.8. The minimum absolute atomic E-state index is 0.730. The van der Waals surface area contributed by atoms with Gasteiger partial charge in [0, 0.05) is 25.8 Å². The molecule has 1 saturated heterocycles. The predicted molar refractivity (Wildman–Crippen MR) is 94.5 cm³/mol. The molecular formula is C18H21N5O. The van der Waals surface area contributed by atoms with Crippen molar-refractivity contribution in [2.75, 3.05) is 36.5 Å². The van der Waals surface area contributed by atoms with E-state index in [0.717, 1.165) is 50.1 Å². The highest BCUT2D eigenvalue weighted by Gasteiger charge is 2.17. The summed E-state index contributed by atoms with van der Waals surface area (Å²) in [6.45, 7) is 6.01. The van der Waals surface area contributed by atoms with Crippen LogP contribution in [0.2, 0.25) is 0 Å². The van der Waals surface area contributed by atoms with Crippen LogP contribution in [0, 0.1) is 6.92 Å². The molecule has 0 bridgehead atoms. The van der Waals surface area contributed by atoms with Gasteiger partial charge >= 0.3 is 0 Å². The normalized spacial score (nSPS) is 15.0. The second kappa shape index (κ2) is 6.49. The van der Waals surface area contributed by atoms with Gasteiger partial charge in [-0.3, -0.25) is 0 Å². The van der Waals surface area contributed by atoms with Gasteiger partial charge in [0.15, 0.2) is 5.65 Å². The van der Waals surface area contributed by atoms with E-state index in [0.29, 0.717) is 0 Å². The molecule has 4 rings (SSSR count). The van der Waals surface area contributed by atoms with Crippen LogP contribution in [0.25, 0.3) is 5.65 Å². The largest absolute Gasteiger partial charge is 0.378 e. The van der Waals surface area contributed by atoms with Gasteiger partial charge in [0.2, 0.25) is 5.95 Å². The van der Waals surface area contributed by atoms with Gasteiger partial charge in [0.1, 0.15) is 0 Å².